The summed E-state index contributed by atoms with van der Waals surface area (Å²) in [6.07, 6.45) is 2.82. The second-order valence-electron chi connectivity index (χ2n) is 8.24. The van der Waals surface area contributed by atoms with Crippen molar-refractivity contribution in [2.75, 3.05) is 18.9 Å². The van der Waals surface area contributed by atoms with Gasteiger partial charge in [0.05, 0.1) is 23.6 Å². The van der Waals surface area contributed by atoms with Gasteiger partial charge in [0.1, 0.15) is 5.82 Å². The third-order valence-electron chi connectivity index (χ3n) is 5.41. The SMILES string of the molecule is CN=CC(=CN)[C@H]1[C@H](C(=O)Nc2cccc(C#N)c2)c2cc(F)ccc2C(=O)N1CC(C)C. The number of nitrogens with zero attached hydrogens (tertiary/aromatic N) is 3. The summed E-state index contributed by atoms with van der Waals surface area (Å²) in [6, 6.07) is 11.6. The number of carbonyl (C=O) groups excluding carboxylic acids is 2. The molecule has 33 heavy (non-hydrogen) atoms. The molecule has 0 bridgehead atoms. The zero-order chi connectivity index (χ0) is 24.1. The molecule has 1 aliphatic heterocycles. The van der Waals surface area contributed by atoms with Crippen molar-refractivity contribution in [1.82, 2.24) is 4.90 Å². The normalized spacial score (nSPS) is 18.4. The number of nitrogens with two attached hydrogens (primary N) is 1. The predicted octanol–water partition coefficient (Wildman–Crippen LogP) is 3.44. The molecule has 3 N–H and O–H groups in total. The van der Waals surface area contributed by atoms with Crippen molar-refractivity contribution in [3.63, 3.8) is 0 Å². The molecule has 170 valence electrons. The Hall–Kier alpha value is -3.99. The lowest BCUT2D eigenvalue weighted by molar-refractivity contribution is -0.118. The van der Waals surface area contributed by atoms with Gasteiger partial charge in [-0.05, 0) is 47.9 Å². The minimum Gasteiger partial charge on any atom is -0.404 e. The van der Waals surface area contributed by atoms with Crippen LogP contribution in [0.25, 0.3) is 0 Å². The summed E-state index contributed by atoms with van der Waals surface area (Å²) >= 11 is 0. The Morgan fingerprint density at radius 3 is 2.73 bits per heavy atom. The summed E-state index contributed by atoms with van der Waals surface area (Å²) in [5.41, 5.74) is 7.72. The minimum atomic E-state index is -0.953. The number of aliphatic imine (C=N–C) groups is 1. The lowest BCUT2D eigenvalue weighted by atomic mass is 9.78. The van der Waals surface area contributed by atoms with E-state index in [0.717, 1.165) is 0 Å². The molecule has 2 amide bonds. The van der Waals surface area contributed by atoms with Crippen molar-refractivity contribution in [3.05, 3.63) is 76.7 Å². The Morgan fingerprint density at radius 1 is 1.33 bits per heavy atom. The van der Waals surface area contributed by atoms with Crippen LogP contribution in [0.3, 0.4) is 0 Å². The molecule has 0 unspecified atom stereocenters. The molecular weight excluding hydrogens is 421 g/mol. The fourth-order valence-electron chi connectivity index (χ4n) is 4.12. The Balaban J connectivity index is 2.18. The van der Waals surface area contributed by atoms with Gasteiger partial charge >= 0.3 is 0 Å². The standard InChI is InChI=1S/C25H26FN5O2/c1-15(2)14-31-23(17(12-28)13-29-3)22(21-10-18(26)7-8-20(21)25(31)33)24(32)30-19-6-4-5-16(9-19)11-27/h4-10,12-13,15,22-23H,14,28H2,1-3H3,(H,30,32)/t22-,23+/m1/s1. The first-order chi connectivity index (χ1) is 15.8. The fourth-order valence-corrected chi connectivity index (χ4v) is 4.12. The first kappa shape index (κ1) is 23.7. The first-order valence-electron chi connectivity index (χ1n) is 10.6. The van der Waals surface area contributed by atoms with Crippen molar-refractivity contribution < 1.29 is 14.0 Å². The van der Waals surface area contributed by atoms with E-state index in [-0.39, 0.29) is 23.0 Å². The molecular formula is C25H26FN5O2. The van der Waals surface area contributed by atoms with Crippen LogP contribution in [0.1, 0.15) is 41.3 Å². The highest BCUT2D eigenvalue weighted by Gasteiger charge is 2.45. The van der Waals surface area contributed by atoms with Crippen molar-refractivity contribution in [2.24, 2.45) is 16.6 Å². The van der Waals surface area contributed by atoms with Crippen molar-refractivity contribution in [1.29, 1.82) is 5.26 Å². The molecule has 0 spiro atoms. The third kappa shape index (κ3) is 4.93. The highest BCUT2D eigenvalue weighted by atomic mass is 19.1. The number of hydrogen-bond acceptors (Lipinski definition) is 5. The number of amides is 2. The van der Waals surface area contributed by atoms with Crippen LogP contribution in [0.4, 0.5) is 10.1 Å². The quantitative estimate of drug-likeness (QED) is 0.661. The van der Waals surface area contributed by atoms with Gasteiger partial charge in [-0.15, -0.1) is 0 Å². The van der Waals surface area contributed by atoms with Crippen molar-refractivity contribution >= 4 is 23.7 Å². The smallest absolute Gasteiger partial charge is 0.254 e. The minimum absolute atomic E-state index is 0.104. The highest BCUT2D eigenvalue weighted by molar-refractivity contribution is 6.06. The van der Waals surface area contributed by atoms with Crippen LogP contribution in [-0.4, -0.2) is 42.6 Å². The third-order valence-corrected chi connectivity index (χ3v) is 5.41. The summed E-state index contributed by atoms with van der Waals surface area (Å²) in [7, 11) is 1.57. The van der Waals surface area contributed by atoms with Gasteiger partial charge in [-0.1, -0.05) is 19.9 Å². The molecule has 0 saturated carbocycles. The van der Waals surface area contributed by atoms with Gasteiger partial charge in [-0.2, -0.15) is 5.26 Å². The number of nitrogens with one attached hydrogen (secondary N) is 1. The topological polar surface area (TPSA) is 112 Å². The van der Waals surface area contributed by atoms with Crippen molar-refractivity contribution in [3.8, 4) is 6.07 Å². The Morgan fingerprint density at radius 2 is 2.09 bits per heavy atom. The Bertz CT molecular complexity index is 1170. The largest absolute Gasteiger partial charge is 0.404 e. The molecule has 3 rings (SSSR count). The van der Waals surface area contributed by atoms with E-state index in [1.54, 1.807) is 36.2 Å². The maximum absolute atomic E-state index is 14.3. The lowest BCUT2D eigenvalue weighted by Gasteiger charge is -2.42. The average Bonchev–Trinajstić information content (AvgIpc) is 2.79. The van der Waals surface area contributed by atoms with Gasteiger partial charge in [0.2, 0.25) is 5.91 Å². The average molecular weight is 448 g/mol. The molecule has 0 radical (unpaired) electrons. The molecule has 0 fully saturated rings. The second kappa shape index (κ2) is 10.1. The molecule has 2 aromatic rings. The number of anilines is 1. The Labute approximate surface area is 192 Å². The van der Waals surface area contributed by atoms with E-state index in [0.29, 0.717) is 23.4 Å². The Kier molecular flexibility index (Phi) is 7.23. The maximum Gasteiger partial charge on any atom is 0.254 e. The van der Waals surface area contributed by atoms with Gasteiger partial charge < -0.3 is 16.0 Å². The van der Waals surface area contributed by atoms with E-state index < -0.39 is 23.7 Å². The molecule has 7 nitrogen and oxygen atoms in total. The van der Waals surface area contributed by atoms with Crippen LogP contribution >= 0.6 is 0 Å². The fraction of sp³-hybridized carbons (Fsp3) is 0.280. The summed E-state index contributed by atoms with van der Waals surface area (Å²) in [4.78, 5) is 32.7. The number of rotatable bonds is 6. The molecule has 1 aliphatic rings. The molecule has 0 saturated heterocycles. The molecule has 0 aliphatic carbocycles. The van der Waals surface area contributed by atoms with Gasteiger partial charge in [-0.25, -0.2) is 4.39 Å². The van der Waals surface area contributed by atoms with E-state index in [4.69, 9.17) is 5.73 Å². The number of benzene rings is 2. The summed E-state index contributed by atoms with van der Waals surface area (Å²) in [6.45, 7) is 4.29. The van der Waals surface area contributed by atoms with E-state index >= 15 is 0 Å². The molecule has 2 aromatic carbocycles. The number of fused-ring (bicyclic) bond motifs is 1. The number of halogens is 1. The summed E-state index contributed by atoms with van der Waals surface area (Å²) < 4.78 is 14.3. The number of nitriles is 1. The number of hydrogen-bond donors (Lipinski definition) is 2. The van der Waals surface area contributed by atoms with Crippen LogP contribution in [-0.2, 0) is 4.79 Å². The lowest BCUT2D eigenvalue weighted by Crippen LogP contribution is -2.53. The summed E-state index contributed by atoms with van der Waals surface area (Å²) in [5.74, 6) is -2.16. The summed E-state index contributed by atoms with van der Waals surface area (Å²) in [5, 5.41) is 12.0. The maximum atomic E-state index is 14.3. The van der Waals surface area contributed by atoms with Gasteiger partial charge in [0.15, 0.2) is 0 Å². The monoisotopic (exact) mass is 447 g/mol. The zero-order valence-corrected chi connectivity index (χ0v) is 18.7. The molecule has 1 heterocycles. The van der Waals surface area contributed by atoms with Gasteiger partial charge in [0.25, 0.3) is 5.91 Å². The second-order valence-corrected chi connectivity index (χ2v) is 8.24. The van der Waals surface area contributed by atoms with Crippen LogP contribution in [0, 0.1) is 23.1 Å². The first-order valence-corrected chi connectivity index (χ1v) is 10.6. The van der Waals surface area contributed by atoms with Gasteiger partial charge in [-0.3, -0.25) is 14.6 Å². The van der Waals surface area contributed by atoms with Gasteiger partial charge in [0, 0.05) is 42.8 Å². The number of carbonyl (C=O) groups is 2. The van der Waals surface area contributed by atoms with Crippen molar-refractivity contribution in [2.45, 2.75) is 25.8 Å². The van der Waals surface area contributed by atoms with E-state index in [2.05, 4.69) is 10.3 Å². The molecule has 2 atom stereocenters. The predicted molar refractivity (Wildman–Crippen MR) is 125 cm³/mol. The molecule has 0 aromatic heterocycles. The highest BCUT2D eigenvalue weighted by Crippen LogP contribution is 2.38. The van der Waals surface area contributed by atoms with E-state index in [9.17, 15) is 19.2 Å². The van der Waals surface area contributed by atoms with Crippen LogP contribution in [0.5, 0.6) is 0 Å². The van der Waals surface area contributed by atoms with E-state index in [1.165, 1.54) is 30.6 Å². The van der Waals surface area contributed by atoms with Crippen LogP contribution < -0.4 is 11.1 Å². The molecule has 8 heteroatoms. The zero-order valence-electron chi connectivity index (χ0n) is 18.7. The van der Waals surface area contributed by atoms with Crippen LogP contribution in [0.15, 0.2) is 59.2 Å². The van der Waals surface area contributed by atoms with Crippen LogP contribution in [0.2, 0.25) is 0 Å². The van der Waals surface area contributed by atoms with E-state index in [1.807, 2.05) is 19.9 Å².